The Labute approximate surface area is 116 Å². The van der Waals surface area contributed by atoms with Crippen LogP contribution in [0.15, 0.2) is 24.3 Å². The van der Waals surface area contributed by atoms with Gasteiger partial charge >= 0.3 is 0 Å². The molecule has 3 nitrogen and oxygen atoms in total. The number of aliphatic hydroxyl groups excluding tert-OH is 1. The standard InChI is InChI=1S/C16H26N2O/c1-17-9-6-14-7-10-18(11-8-14)12-15-2-4-16(13-19)5-3-15/h2-5,14,17,19H,6-13H2,1H3. The fraction of sp³-hybridized carbons (Fsp3) is 0.625. The lowest BCUT2D eigenvalue weighted by atomic mass is 9.93. The number of piperidine rings is 1. The zero-order valence-electron chi connectivity index (χ0n) is 11.9. The summed E-state index contributed by atoms with van der Waals surface area (Å²) in [7, 11) is 2.03. The van der Waals surface area contributed by atoms with E-state index in [9.17, 15) is 0 Å². The quantitative estimate of drug-likeness (QED) is 0.823. The van der Waals surface area contributed by atoms with E-state index in [0.29, 0.717) is 0 Å². The zero-order chi connectivity index (χ0) is 13.5. The first-order valence-electron chi connectivity index (χ1n) is 7.37. The summed E-state index contributed by atoms with van der Waals surface area (Å²) >= 11 is 0. The van der Waals surface area contributed by atoms with Crippen LogP contribution in [0.4, 0.5) is 0 Å². The fourth-order valence-electron chi connectivity index (χ4n) is 2.79. The molecule has 1 saturated heterocycles. The van der Waals surface area contributed by atoms with Crippen molar-refractivity contribution < 1.29 is 5.11 Å². The SMILES string of the molecule is CNCCC1CCN(Cc2ccc(CO)cc2)CC1. The predicted octanol–water partition coefficient (Wildman–Crippen LogP) is 2.00. The second kappa shape index (κ2) is 7.63. The molecule has 0 amide bonds. The molecular weight excluding hydrogens is 236 g/mol. The molecule has 0 aromatic heterocycles. The van der Waals surface area contributed by atoms with Crippen molar-refractivity contribution in [3.8, 4) is 0 Å². The highest BCUT2D eigenvalue weighted by atomic mass is 16.3. The van der Waals surface area contributed by atoms with Gasteiger partial charge in [-0.05, 0) is 63.0 Å². The minimum Gasteiger partial charge on any atom is -0.392 e. The molecule has 2 rings (SSSR count). The van der Waals surface area contributed by atoms with Gasteiger partial charge < -0.3 is 10.4 Å². The minimum atomic E-state index is 0.136. The topological polar surface area (TPSA) is 35.5 Å². The van der Waals surface area contributed by atoms with Crippen LogP contribution in [0, 0.1) is 5.92 Å². The molecule has 0 aliphatic carbocycles. The van der Waals surface area contributed by atoms with Gasteiger partial charge in [0.15, 0.2) is 0 Å². The number of aliphatic hydroxyl groups is 1. The van der Waals surface area contributed by atoms with Gasteiger partial charge in [-0.15, -0.1) is 0 Å². The van der Waals surface area contributed by atoms with Crippen molar-refractivity contribution in [3.63, 3.8) is 0 Å². The average Bonchev–Trinajstić information content (AvgIpc) is 2.47. The van der Waals surface area contributed by atoms with Crippen LogP contribution in [0.1, 0.15) is 30.4 Å². The van der Waals surface area contributed by atoms with Gasteiger partial charge in [-0.2, -0.15) is 0 Å². The van der Waals surface area contributed by atoms with Crippen molar-refractivity contribution in [1.82, 2.24) is 10.2 Å². The maximum Gasteiger partial charge on any atom is 0.0681 e. The molecule has 19 heavy (non-hydrogen) atoms. The summed E-state index contributed by atoms with van der Waals surface area (Å²) in [5, 5.41) is 12.3. The Hall–Kier alpha value is -0.900. The smallest absolute Gasteiger partial charge is 0.0681 e. The molecule has 1 aliphatic heterocycles. The van der Waals surface area contributed by atoms with Gasteiger partial charge in [0.25, 0.3) is 0 Å². The molecule has 1 aromatic rings. The molecule has 1 fully saturated rings. The van der Waals surface area contributed by atoms with Gasteiger partial charge in [-0.3, -0.25) is 4.90 Å². The van der Waals surface area contributed by atoms with Crippen LogP contribution in [-0.4, -0.2) is 36.7 Å². The van der Waals surface area contributed by atoms with Gasteiger partial charge in [-0.25, -0.2) is 0 Å². The summed E-state index contributed by atoms with van der Waals surface area (Å²) in [5.41, 5.74) is 2.35. The van der Waals surface area contributed by atoms with Crippen molar-refractivity contribution in [3.05, 3.63) is 35.4 Å². The fourth-order valence-corrected chi connectivity index (χ4v) is 2.79. The molecule has 0 unspecified atom stereocenters. The first-order chi connectivity index (χ1) is 9.31. The maximum absolute atomic E-state index is 9.03. The van der Waals surface area contributed by atoms with Gasteiger partial charge in [0.2, 0.25) is 0 Å². The summed E-state index contributed by atoms with van der Waals surface area (Å²) in [6.07, 6.45) is 3.97. The number of likely N-dealkylation sites (tertiary alicyclic amines) is 1. The van der Waals surface area contributed by atoms with Crippen LogP contribution in [0.2, 0.25) is 0 Å². The average molecular weight is 262 g/mol. The van der Waals surface area contributed by atoms with Crippen molar-refractivity contribution >= 4 is 0 Å². The Bertz CT molecular complexity index is 356. The Morgan fingerprint density at radius 2 is 1.79 bits per heavy atom. The Morgan fingerprint density at radius 1 is 1.16 bits per heavy atom. The minimum absolute atomic E-state index is 0.136. The molecule has 106 valence electrons. The third-order valence-corrected chi connectivity index (χ3v) is 4.12. The Kier molecular flexibility index (Phi) is 5.83. The number of hydrogen-bond donors (Lipinski definition) is 2. The van der Waals surface area contributed by atoms with E-state index in [1.54, 1.807) is 0 Å². The normalized spacial score (nSPS) is 17.8. The Balaban J connectivity index is 1.75. The summed E-state index contributed by atoms with van der Waals surface area (Å²) < 4.78 is 0. The molecule has 0 spiro atoms. The monoisotopic (exact) mass is 262 g/mol. The first kappa shape index (κ1) is 14.5. The molecule has 1 heterocycles. The summed E-state index contributed by atoms with van der Waals surface area (Å²) in [6, 6.07) is 8.32. The largest absolute Gasteiger partial charge is 0.392 e. The summed E-state index contributed by atoms with van der Waals surface area (Å²) in [6.45, 7) is 4.77. The van der Waals surface area contributed by atoms with E-state index in [4.69, 9.17) is 5.11 Å². The molecule has 1 aromatic carbocycles. The molecule has 2 N–H and O–H groups in total. The van der Waals surface area contributed by atoms with Gasteiger partial charge in [0, 0.05) is 6.54 Å². The molecule has 0 saturated carbocycles. The number of hydrogen-bond acceptors (Lipinski definition) is 3. The van der Waals surface area contributed by atoms with E-state index in [-0.39, 0.29) is 6.61 Å². The van der Waals surface area contributed by atoms with Crippen LogP contribution in [0.5, 0.6) is 0 Å². The second-order valence-electron chi connectivity index (χ2n) is 5.59. The number of benzene rings is 1. The highest BCUT2D eigenvalue weighted by molar-refractivity contribution is 5.21. The lowest BCUT2D eigenvalue weighted by molar-refractivity contribution is 0.172. The molecule has 0 atom stereocenters. The van der Waals surface area contributed by atoms with Crippen molar-refractivity contribution in [2.24, 2.45) is 5.92 Å². The van der Waals surface area contributed by atoms with Gasteiger partial charge in [-0.1, -0.05) is 24.3 Å². The molecule has 1 aliphatic rings. The van der Waals surface area contributed by atoms with Crippen LogP contribution in [0.3, 0.4) is 0 Å². The van der Waals surface area contributed by atoms with Gasteiger partial charge in [0.1, 0.15) is 0 Å². The van der Waals surface area contributed by atoms with Crippen LogP contribution < -0.4 is 5.32 Å². The second-order valence-corrected chi connectivity index (χ2v) is 5.59. The van der Waals surface area contributed by atoms with E-state index in [2.05, 4.69) is 22.3 Å². The number of rotatable bonds is 6. The third kappa shape index (κ3) is 4.60. The lowest BCUT2D eigenvalue weighted by Crippen LogP contribution is -2.34. The highest BCUT2D eigenvalue weighted by Gasteiger charge is 2.18. The zero-order valence-corrected chi connectivity index (χ0v) is 11.9. The van der Waals surface area contributed by atoms with E-state index in [0.717, 1.165) is 24.6 Å². The van der Waals surface area contributed by atoms with Crippen molar-refractivity contribution in [2.75, 3.05) is 26.7 Å². The molecular formula is C16H26N2O. The van der Waals surface area contributed by atoms with Crippen LogP contribution in [-0.2, 0) is 13.2 Å². The predicted molar refractivity (Wildman–Crippen MR) is 78.9 cm³/mol. The lowest BCUT2D eigenvalue weighted by Gasteiger charge is -2.32. The van der Waals surface area contributed by atoms with E-state index >= 15 is 0 Å². The number of nitrogens with zero attached hydrogens (tertiary/aromatic N) is 1. The first-order valence-corrected chi connectivity index (χ1v) is 7.37. The summed E-state index contributed by atoms with van der Waals surface area (Å²) in [4.78, 5) is 2.55. The van der Waals surface area contributed by atoms with Crippen molar-refractivity contribution in [1.29, 1.82) is 0 Å². The van der Waals surface area contributed by atoms with Crippen molar-refractivity contribution in [2.45, 2.75) is 32.4 Å². The summed E-state index contributed by atoms with van der Waals surface area (Å²) in [5.74, 6) is 0.903. The molecule has 0 bridgehead atoms. The highest BCUT2D eigenvalue weighted by Crippen LogP contribution is 2.21. The van der Waals surface area contributed by atoms with Crippen LogP contribution >= 0.6 is 0 Å². The van der Waals surface area contributed by atoms with E-state index < -0.39 is 0 Å². The maximum atomic E-state index is 9.03. The van der Waals surface area contributed by atoms with E-state index in [1.165, 1.54) is 37.9 Å². The van der Waals surface area contributed by atoms with Gasteiger partial charge in [0.05, 0.1) is 6.61 Å². The third-order valence-electron chi connectivity index (χ3n) is 4.12. The molecule has 0 radical (unpaired) electrons. The molecule has 3 heteroatoms. The Morgan fingerprint density at radius 3 is 2.37 bits per heavy atom. The van der Waals surface area contributed by atoms with E-state index in [1.807, 2.05) is 19.2 Å². The number of nitrogens with one attached hydrogen (secondary N) is 1. The van der Waals surface area contributed by atoms with Crippen LogP contribution in [0.25, 0.3) is 0 Å².